The van der Waals surface area contributed by atoms with Gasteiger partial charge in [-0.25, -0.2) is 0 Å². The third-order valence-electron chi connectivity index (χ3n) is 1.94. The van der Waals surface area contributed by atoms with Crippen LogP contribution in [-0.4, -0.2) is 16.3 Å². The van der Waals surface area contributed by atoms with Gasteiger partial charge in [0.1, 0.15) is 5.75 Å². The molecule has 3 nitrogen and oxygen atoms in total. The predicted molar refractivity (Wildman–Crippen MR) is 62.1 cm³/mol. The highest BCUT2D eigenvalue weighted by molar-refractivity contribution is 9.11. The molecular formula is C9H11Br2NO2. The van der Waals surface area contributed by atoms with E-state index in [0.29, 0.717) is 10.0 Å². The molecule has 1 aromatic carbocycles. The highest BCUT2D eigenvalue weighted by Gasteiger charge is 2.18. The maximum absolute atomic E-state index is 9.68. The molecule has 0 unspecified atom stereocenters. The Bertz CT molecular complexity index is 342. The van der Waals surface area contributed by atoms with E-state index in [-0.39, 0.29) is 5.75 Å². The fourth-order valence-corrected chi connectivity index (χ4v) is 2.36. The Labute approximate surface area is 99.2 Å². The lowest BCUT2D eigenvalue weighted by molar-refractivity contribution is 0.162. The van der Waals surface area contributed by atoms with Crippen LogP contribution >= 0.6 is 31.9 Å². The van der Waals surface area contributed by atoms with Crippen molar-refractivity contribution in [3.8, 4) is 5.75 Å². The molecule has 2 atom stereocenters. The van der Waals surface area contributed by atoms with Crippen LogP contribution < -0.4 is 5.73 Å². The van der Waals surface area contributed by atoms with Gasteiger partial charge >= 0.3 is 0 Å². The van der Waals surface area contributed by atoms with E-state index < -0.39 is 12.1 Å². The minimum Gasteiger partial charge on any atom is -0.506 e. The van der Waals surface area contributed by atoms with Gasteiger partial charge in [-0.15, -0.1) is 0 Å². The molecular weight excluding hydrogens is 314 g/mol. The highest BCUT2D eigenvalue weighted by atomic mass is 79.9. The van der Waals surface area contributed by atoms with Gasteiger partial charge in [0.2, 0.25) is 0 Å². The van der Waals surface area contributed by atoms with Crippen LogP contribution in [0.2, 0.25) is 0 Å². The molecule has 0 radical (unpaired) electrons. The molecule has 0 aliphatic rings. The number of halogens is 2. The van der Waals surface area contributed by atoms with E-state index in [1.165, 1.54) is 0 Å². The zero-order valence-corrected chi connectivity index (χ0v) is 10.7. The van der Waals surface area contributed by atoms with Crippen LogP contribution in [0.1, 0.15) is 18.5 Å². The van der Waals surface area contributed by atoms with Gasteiger partial charge in [0.25, 0.3) is 0 Å². The van der Waals surface area contributed by atoms with E-state index in [2.05, 4.69) is 31.9 Å². The van der Waals surface area contributed by atoms with Crippen molar-refractivity contribution >= 4 is 31.9 Å². The van der Waals surface area contributed by atoms with E-state index in [1.54, 1.807) is 19.1 Å². The van der Waals surface area contributed by atoms with E-state index in [0.717, 1.165) is 4.47 Å². The van der Waals surface area contributed by atoms with Gasteiger partial charge in [-0.3, -0.25) is 0 Å². The standard InChI is InChI=1S/C9H11Br2NO2/c1-4(13)8(12)6-2-5(10)3-7(11)9(6)14/h2-4,8,13-14H,12H2,1H3/t4-,8-/m0/s1. The number of hydrogen-bond acceptors (Lipinski definition) is 3. The molecule has 0 fully saturated rings. The Kier molecular flexibility index (Phi) is 3.94. The maximum atomic E-state index is 9.68. The number of aliphatic hydroxyl groups is 1. The van der Waals surface area contributed by atoms with Crippen LogP contribution in [0.4, 0.5) is 0 Å². The van der Waals surface area contributed by atoms with Gasteiger partial charge in [0.15, 0.2) is 0 Å². The third kappa shape index (κ3) is 2.48. The summed E-state index contributed by atoms with van der Waals surface area (Å²) in [7, 11) is 0. The lowest BCUT2D eigenvalue weighted by Gasteiger charge is -2.17. The van der Waals surface area contributed by atoms with Crippen LogP contribution in [0.5, 0.6) is 5.75 Å². The molecule has 1 aromatic rings. The number of rotatable bonds is 2. The average molecular weight is 325 g/mol. The van der Waals surface area contributed by atoms with Crippen molar-refractivity contribution < 1.29 is 10.2 Å². The molecule has 0 saturated carbocycles. The summed E-state index contributed by atoms with van der Waals surface area (Å²) >= 11 is 6.48. The van der Waals surface area contributed by atoms with Crippen LogP contribution in [0.3, 0.4) is 0 Å². The van der Waals surface area contributed by atoms with Gasteiger partial charge < -0.3 is 15.9 Å². The van der Waals surface area contributed by atoms with Crippen molar-refractivity contribution in [2.75, 3.05) is 0 Å². The van der Waals surface area contributed by atoms with Crippen molar-refractivity contribution in [2.24, 2.45) is 5.73 Å². The van der Waals surface area contributed by atoms with Gasteiger partial charge in [-0.05, 0) is 35.0 Å². The first kappa shape index (κ1) is 12.0. The molecule has 0 heterocycles. The highest BCUT2D eigenvalue weighted by Crippen LogP contribution is 2.35. The summed E-state index contributed by atoms with van der Waals surface area (Å²) in [5.74, 6) is 0.0709. The second-order valence-electron chi connectivity index (χ2n) is 3.09. The van der Waals surface area contributed by atoms with Gasteiger partial charge in [-0.2, -0.15) is 0 Å². The summed E-state index contributed by atoms with van der Waals surface area (Å²) in [6.45, 7) is 1.58. The zero-order chi connectivity index (χ0) is 10.9. The lowest BCUT2D eigenvalue weighted by atomic mass is 10.0. The number of hydrogen-bond donors (Lipinski definition) is 3. The normalized spacial score (nSPS) is 15.2. The molecule has 0 saturated heterocycles. The zero-order valence-electron chi connectivity index (χ0n) is 7.54. The Morgan fingerprint density at radius 2 is 1.93 bits per heavy atom. The Morgan fingerprint density at radius 3 is 2.43 bits per heavy atom. The topological polar surface area (TPSA) is 66.5 Å². The van der Waals surface area contributed by atoms with Crippen LogP contribution in [0.15, 0.2) is 21.1 Å². The quantitative estimate of drug-likeness (QED) is 0.782. The van der Waals surface area contributed by atoms with Crippen molar-refractivity contribution in [3.63, 3.8) is 0 Å². The van der Waals surface area contributed by atoms with Gasteiger partial charge in [0.05, 0.1) is 16.6 Å². The molecule has 14 heavy (non-hydrogen) atoms. The van der Waals surface area contributed by atoms with Crippen LogP contribution in [0, 0.1) is 0 Å². The van der Waals surface area contributed by atoms with Crippen LogP contribution in [-0.2, 0) is 0 Å². The molecule has 0 aliphatic heterocycles. The monoisotopic (exact) mass is 323 g/mol. The van der Waals surface area contributed by atoms with Crippen molar-refractivity contribution in [3.05, 3.63) is 26.6 Å². The van der Waals surface area contributed by atoms with E-state index in [9.17, 15) is 10.2 Å². The number of phenolic OH excluding ortho intramolecular Hbond substituents is 1. The molecule has 0 spiro atoms. The Morgan fingerprint density at radius 1 is 1.36 bits per heavy atom. The van der Waals surface area contributed by atoms with E-state index in [4.69, 9.17) is 5.73 Å². The van der Waals surface area contributed by atoms with Gasteiger partial charge in [-0.1, -0.05) is 15.9 Å². The predicted octanol–water partition coefficient (Wildman–Crippen LogP) is 2.30. The molecule has 0 aliphatic carbocycles. The summed E-state index contributed by atoms with van der Waals surface area (Å²) < 4.78 is 1.35. The average Bonchev–Trinajstić information content (AvgIpc) is 2.09. The summed E-state index contributed by atoms with van der Waals surface area (Å²) in [5, 5.41) is 19.0. The minimum absolute atomic E-state index is 0.0709. The molecule has 78 valence electrons. The molecule has 0 bridgehead atoms. The largest absolute Gasteiger partial charge is 0.506 e. The molecule has 5 heteroatoms. The number of aliphatic hydroxyl groups excluding tert-OH is 1. The van der Waals surface area contributed by atoms with Crippen molar-refractivity contribution in [2.45, 2.75) is 19.1 Å². The number of aromatic hydroxyl groups is 1. The molecule has 1 rings (SSSR count). The second-order valence-corrected chi connectivity index (χ2v) is 4.86. The third-order valence-corrected chi connectivity index (χ3v) is 3.00. The van der Waals surface area contributed by atoms with Crippen LogP contribution in [0.25, 0.3) is 0 Å². The fourth-order valence-electron chi connectivity index (χ4n) is 1.10. The van der Waals surface area contributed by atoms with E-state index >= 15 is 0 Å². The smallest absolute Gasteiger partial charge is 0.134 e. The first-order valence-electron chi connectivity index (χ1n) is 4.05. The summed E-state index contributed by atoms with van der Waals surface area (Å²) in [4.78, 5) is 0. The minimum atomic E-state index is -0.706. The van der Waals surface area contributed by atoms with Crippen molar-refractivity contribution in [1.82, 2.24) is 0 Å². The first-order chi connectivity index (χ1) is 6.43. The number of phenols is 1. The maximum Gasteiger partial charge on any atom is 0.134 e. The summed E-state index contributed by atoms with van der Waals surface area (Å²) in [6, 6.07) is 2.81. The fraction of sp³-hybridized carbons (Fsp3) is 0.333. The number of benzene rings is 1. The summed E-state index contributed by atoms with van der Waals surface area (Å²) in [5.41, 5.74) is 6.24. The Balaban J connectivity index is 3.20. The molecule has 4 N–H and O–H groups in total. The molecule has 0 aromatic heterocycles. The van der Waals surface area contributed by atoms with Gasteiger partial charge in [0, 0.05) is 10.0 Å². The van der Waals surface area contributed by atoms with Crippen molar-refractivity contribution in [1.29, 1.82) is 0 Å². The lowest BCUT2D eigenvalue weighted by Crippen LogP contribution is -2.23. The Hall–Kier alpha value is -0.100. The number of nitrogens with two attached hydrogens (primary N) is 1. The molecule has 0 amide bonds. The summed E-state index contributed by atoms with van der Waals surface area (Å²) in [6.07, 6.45) is -0.706. The SMILES string of the molecule is C[C@H](O)[C@H](N)c1cc(Br)cc(Br)c1O. The van der Waals surface area contributed by atoms with E-state index in [1.807, 2.05) is 0 Å². The first-order valence-corrected chi connectivity index (χ1v) is 5.63. The second kappa shape index (κ2) is 4.61.